The van der Waals surface area contributed by atoms with E-state index in [0.717, 1.165) is 0 Å². The van der Waals surface area contributed by atoms with Gasteiger partial charge in [-0.3, -0.25) is 0 Å². The SMILES string of the molecule is C=C.CC.CC.CC.CCC.CCC.CCC. The molecule has 0 fully saturated rings. The van der Waals surface area contributed by atoms with Gasteiger partial charge in [-0.2, -0.15) is 0 Å². The van der Waals surface area contributed by atoms with E-state index in [1.165, 1.54) is 19.3 Å². The summed E-state index contributed by atoms with van der Waals surface area (Å²) in [6.07, 6.45) is 3.75. The smallest absolute Gasteiger partial charge is 0.0590 e. The van der Waals surface area contributed by atoms with Crippen molar-refractivity contribution in [3.8, 4) is 0 Å². The molecule has 0 aliphatic carbocycles. The number of hydrogen-bond acceptors (Lipinski definition) is 0. The average Bonchev–Trinajstić information content (AvgIpc) is 2.41. The van der Waals surface area contributed by atoms with Crippen LogP contribution < -0.4 is 0 Å². The molecule has 0 heterocycles. The van der Waals surface area contributed by atoms with Gasteiger partial charge in [0.15, 0.2) is 0 Å². The molecule has 0 radical (unpaired) electrons. The zero-order chi connectivity index (χ0) is 16.1. The lowest BCUT2D eigenvalue weighted by molar-refractivity contribution is 1.09. The minimum Gasteiger partial charge on any atom is -0.106 e. The quantitative estimate of drug-likeness (QED) is 0.381. The topological polar surface area (TPSA) is 0 Å². The first-order valence-corrected chi connectivity index (χ1v) is 7.74. The van der Waals surface area contributed by atoms with Crippen LogP contribution in [0.15, 0.2) is 13.2 Å². The monoisotopic (exact) mass is 250 g/mol. The van der Waals surface area contributed by atoms with E-state index in [1.807, 2.05) is 41.5 Å². The van der Waals surface area contributed by atoms with Crippen molar-refractivity contribution >= 4 is 0 Å². The summed E-state index contributed by atoms with van der Waals surface area (Å²) in [4.78, 5) is 0. The second-order valence-electron chi connectivity index (χ2n) is 2.12. The first-order valence-electron chi connectivity index (χ1n) is 7.74. The van der Waals surface area contributed by atoms with Crippen LogP contribution in [0.4, 0.5) is 0 Å². The molecule has 0 saturated carbocycles. The largest absolute Gasteiger partial charge is 0.106 e. The molecule has 0 aromatic carbocycles. The molecule has 0 aliphatic rings. The summed E-state index contributed by atoms with van der Waals surface area (Å²) >= 11 is 0. The summed E-state index contributed by atoms with van der Waals surface area (Å²) in [5.41, 5.74) is 0. The van der Waals surface area contributed by atoms with Crippen molar-refractivity contribution in [2.45, 2.75) is 102 Å². The third kappa shape index (κ3) is 44000. The van der Waals surface area contributed by atoms with Crippen molar-refractivity contribution in [1.82, 2.24) is 0 Å². The highest BCUT2D eigenvalue weighted by Gasteiger charge is 1.36. The normalized spacial score (nSPS) is 4.47. The fourth-order valence-corrected chi connectivity index (χ4v) is 0. The molecule has 0 rings (SSSR count). The van der Waals surface area contributed by atoms with Crippen molar-refractivity contribution in [2.24, 2.45) is 0 Å². The Labute approximate surface area is 116 Å². The molecule has 0 nitrogen and oxygen atoms in total. The van der Waals surface area contributed by atoms with Gasteiger partial charge in [-0.1, -0.05) is 102 Å². The van der Waals surface area contributed by atoms with Crippen molar-refractivity contribution < 1.29 is 0 Å². The van der Waals surface area contributed by atoms with Gasteiger partial charge >= 0.3 is 0 Å². The summed E-state index contributed by atoms with van der Waals surface area (Å²) in [5.74, 6) is 0. The Morgan fingerprint density at radius 3 is 0.412 bits per heavy atom. The lowest BCUT2D eigenvalue weighted by Gasteiger charge is -1.48. The van der Waals surface area contributed by atoms with E-state index in [0.29, 0.717) is 0 Å². The van der Waals surface area contributed by atoms with E-state index < -0.39 is 0 Å². The number of rotatable bonds is 0. The third-order valence-electron chi connectivity index (χ3n) is 0. The molecule has 0 spiro atoms. The Morgan fingerprint density at radius 2 is 0.412 bits per heavy atom. The Kier molecular flexibility index (Phi) is 1170. The van der Waals surface area contributed by atoms with Crippen LogP contribution in [0.5, 0.6) is 0 Å². The first-order chi connectivity index (χ1) is 8.24. The molecule has 0 atom stereocenters. The van der Waals surface area contributed by atoms with Crippen LogP contribution in [-0.4, -0.2) is 0 Å². The molecule has 0 amide bonds. The highest BCUT2D eigenvalue weighted by atomic mass is 13.4. The highest BCUT2D eigenvalue weighted by Crippen LogP contribution is 1.56. The summed E-state index contributed by atoms with van der Waals surface area (Å²) in [6.45, 7) is 30.8. The van der Waals surface area contributed by atoms with Gasteiger partial charge in [0, 0.05) is 0 Å². The fraction of sp³-hybridized carbons (Fsp3) is 0.882. The predicted molar refractivity (Wildman–Crippen MR) is 93.2 cm³/mol. The molecule has 0 bridgehead atoms. The van der Waals surface area contributed by atoms with Crippen LogP contribution in [0.1, 0.15) is 102 Å². The minimum absolute atomic E-state index is 1.25. The van der Waals surface area contributed by atoms with Gasteiger partial charge in [-0.15, -0.1) is 13.2 Å². The van der Waals surface area contributed by atoms with Crippen molar-refractivity contribution in [1.29, 1.82) is 0 Å². The lowest BCUT2D eigenvalue weighted by Crippen LogP contribution is -1.27. The zero-order valence-electron chi connectivity index (χ0n) is 15.5. The van der Waals surface area contributed by atoms with E-state index in [9.17, 15) is 0 Å². The molecule has 17 heavy (non-hydrogen) atoms. The van der Waals surface area contributed by atoms with E-state index in [-0.39, 0.29) is 0 Å². The molecular formula is C17H46. The molecule has 0 aliphatic heterocycles. The zero-order valence-corrected chi connectivity index (χ0v) is 15.5. The van der Waals surface area contributed by atoms with E-state index in [2.05, 4.69) is 54.7 Å². The van der Waals surface area contributed by atoms with E-state index in [1.54, 1.807) is 0 Å². The minimum atomic E-state index is 1.25. The second-order valence-corrected chi connectivity index (χ2v) is 2.12. The number of hydrogen-bond donors (Lipinski definition) is 0. The maximum Gasteiger partial charge on any atom is -0.0590 e. The van der Waals surface area contributed by atoms with Crippen molar-refractivity contribution in [3.63, 3.8) is 0 Å². The molecule has 0 heteroatoms. The fourth-order valence-electron chi connectivity index (χ4n) is 0. The Morgan fingerprint density at radius 1 is 0.412 bits per heavy atom. The summed E-state index contributed by atoms with van der Waals surface area (Å²) < 4.78 is 0. The molecule has 0 N–H and O–H groups in total. The third-order valence-corrected chi connectivity index (χ3v) is 0. The van der Waals surface area contributed by atoms with Crippen LogP contribution in [0, 0.1) is 0 Å². The molecule has 0 aromatic rings. The Balaban J connectivity index is -0.0000000139. The van der Waals surface area contributed by atoms with Gasteiger partial charge in [0.1, 0.15) is 0 Å². The van der Waals surface area contributed by atoms with Crippen LogP contribution in [0.2, 0.25) is 0 Å². The first kappa shape index (κ1) is 43.7. The molecule has 0 unspecified atom stereocenters. The second kappa shape index (κ2) is 456. The van der Waals surface area contributed by atoms with Crippen LogP contribution in [0.3, 0.4) is 0 Å². The van der Waals surface area contributed by atoms with Crippen LogP contribution in [0.25, 0.3) is 0 Å². The predicted octanol–water partition coefficient (Wildman–Crippen LogP) is 8.13. The summed E-state index contributed by atoms with van der Waals surface area (Å²) in [6, 6.07) is 0. The van der Waals surface area contributed by atoms with Crippen molar-refractivity contribution in [2.75, 3.05) is 0 Å². The van der Waals surface area contributed by atoms with Gasteiger partial charge in [0.05, 0.1) is 0 Å². The van der Waals surface area contributed by atoms with Gasteiger partial charge < -0.3 is 0 Å². The van der Waals surface area contributed by atoms with Gasteiger partial charge in [0.2, 0.25) is 0 Å². The van der Waals surface area contributed by atoms with Gasteiger partial charge in [-0.05, 0) is 0 Å². The molecule has 114 valence electrons. The van der Waals surface area contributed by atoms with Crippen LogP contribution in [-0.2, 0) is 0 Å². The maximum absolute atomic E-state index is 3.00. The highest BCUT2D eigenvalue weighted by molar-refractivity contribution is 4.22. The van der Waals surface area contributed by atoms with Crippen LogP contribution >= 0.6 is 0 Å². The average molecular weight is 251 g/mol. The summed E-state index contributed by atoms with van der Waals surface area (Å²) in [5, 5.41) is 0. The van der Waals surface area contributed by atoms with Crippen molar-refractivity contribution in [3.05, 3.63) is 13.2 Å². The standard InChI is InChI=1S/3C3H8.3C2H6.C2H4/c3*1-3-2;4*1-2/h3*3H2,1-2H3;3*1-2H3;1-2H2. The molecule has 0 saturated heterocycles. The lowest BCUT2D eigenvalue weighted by atomic mass is 10.6. The Hall–Kier alpha value is -0.260. The maximum atomic E-state index is 3.00. The summed E-state index contributed by atoms with van der Waals surface area (Å²) in [7, 11) is 0. The van der Waals surface area contributed by atoms with E-state index >= 15 is 0 Å². The Bertz CT molecular complexity index is 11.2. The van der Waals surface area contributed by atoms with Gasteiger partial charge in [-0.25, -0.2) is 0 Å². The van der Waals surface area contributed by atoms with E-state index in [4.69, 9.17) is 0 Å². The molecule has 0 aromatic heterocycles. The molecular weight excluding hydrogens is 204 g/mol. The van der Waals surface area contributed by atoms with Gasteiger partial charge in [0.25, 0.3) is 0 Å².